The number of benzene rings is 1. The van der Waals surface area contributed by atoms with Crippen LogP contribution in [0.2, 0.25) is 0 Å². The molecule has 5 N–H and O–H groups in total. The van der Waals surface area contributed by atoms with Gasteiger partial charge in [-0.15, -0.1) is 0 Å². The van der Waals surface area contributed by atoms with Gasteiger partial charge in [-0.1, -0.05) is 26.0 Å². The molecule has 0 aromatic heterocycles. The number of carbonyl (C=O) groups is 4. The van der Waals surface area contributed by atoms with Crippen molar-refractivity contribution in [2.75, 3.05) is 26.2 Å². The Balaban J connectivity index is 0.000000405. The average molecular weight is 499 g/mol. The Morgan fingerprint density at radius 3 is 1.83 bits per heavy atom. The third-order valence-corrected chi connectivity index (χ3v) is 5.56. The number of nitrogens with one attached hydrogen (secondary N) is 1. The monoisotopic (exact) mass is 498 g/mol. The van der Waals surface area contributed by atoms with Crippen molar-refractivity contribution in [3.63, 3.8) is 0 Å². The first-order valence-electron chi connectivity index (χ1n) is 11.1. The maximum Gasteiger partial charge on any atom is 0.336 e. The molecule has 0 fully saturated rings. The third kappa shape index (κ3) is 8.72. The number of fused-ring (bicyclic) bond motifs is 1. The zero-order valence-electron chi connectivity index (χ0n) is 20.3. The van der Waals surface area contributed by atoms with Crippen LogP contribution in [0.4, 0.5) is 0 Å². The zero-order chi connectivity index (χ0) is 26.8. The van der Waals surface area contributed by atoms with Gasteiger partial charge in [0, 0.05) is 20.0 Å². The molecule has 1 aromatic carbocycles. The maximum absolute atomic E-state index is 12.4. The van der Waals surface area contributed by atoms with E-state index >= 15 is 0 Å². The minimum Gasteiger partial charge on any atom is -0.481 e. The second-order valence-corrected chi connectivity index (χ2v) is 8.18. The van der Waals surface area contributed by atoms with Crippen molar-refractivity contribution in [1.82, 2.24) is 10.2 Å². The van der Waals surface area contributed by atoms with Crippen molar-refractivity contribution in [2.24, 2.45) is 5.92 Å². The molecule has 12 heteroatoms. The van der Waals surface area contributed by atoms with Gasteiger partial charge in [-0.3, -0.25) is 14.4 Å². The van der Waals surface area contributed by atoms with E-state index in [9.17, 15) is 19.2 Å². The molecule has 35 heavy (non-hydrogen) atoms. The zero-order valence-corrected chi connectivity index (χ0v) is 20.3. The van der Waals surface area contributed by atoms with E-state index in [2.05, 4.69) is 24.1 Å². The topological polar surface area (TPSA) is 183 Å². The van der Waals surface area contributed by atoms with E-state index in [0.717, 1.165) is 19.6 Å². The highest BCUT2D eigenvalue weighted by Gasteiger charge is 2.45. The number of hydrogen-bond donors (Lipinski definition) is 5. The number of para-hydroxylation sites is 2. The summed E-state index contributed by atoms with van der Waals surface area (Å²) in [5, 5.41) is 36.8. The fourth-order valence-corrected chi connectivity index (χ4v) is 3.24. The van der Waals surface area contributed by atoms with Crippen molar-refractivity contribution < 1.29 is 49.1 Å². The summed E-state index contributed by atoms with van der Waals surface area (Å²) in [6.45, 7) is 11.3. The Morgan fingerprint density at radius 2 is 1.46 bits per heavy atom. The lowest BCUT2D eigenvalue weighted by Gasteiger charge is -2.29. The lowest BCUT2D eigenvalue weighted by atomic mass is 9.96. The van der Waals surface area contributed by atoms with Crippen molar-refractivity contribution in [1.29, 1.82) is 0 Å². The number of carboxylic acid groups (broad SMARTS) is 3. The number of carbonyl (C=O) groups excluding carboxylic acids is 1. The fraction of sp³-hybridized carbons (Fsp3) is 0.565. The fourth-order valence-electron chi connectivity index (χ4n) is 3.24. The van der Waals surface area contributed by atoms with E-state index in [0.29, 0.717) is 18.0 Å². The van der Waals surface area contributed by atoms with Gasteiger partial charge in [-0.25, -0.2) is 4.79 Å². The van der Waals surface area contributed by atoms with E-state index in [4.69, 9.17) is 29.9 Å². The van der Waals surface area contributed by atoms with Crippen molar-refractivity contribution in [2.45, 2.75) is 51.9 Å². The molecule has 0 radical (unpaired) electrons. The van der Waals surface area contributed by atoms with Crippen LogP contribution in [0, 0.1) is 5.92 Å². The Kier molecular flexibility index (Phi) is 10.9. The van der Waals surface area contributed by atoms with Crippen LogP contribution in [-0.4, -0.2) is 86.7 Å². The molecule has 1 heterocycles. The van der Waals surface area contributed by atoms with Gasteiger partial charge in [-0.05, 0) is 32.1 Å². The van der Waals surface area contributed by atoms with Crippen LogP contribution in [-0.2, 0) is 19.2 Å². The number of rotatable bonds is 12. The number of aliphatic carboxylic acids is 3. The van der Waals surface area contributed by atoms with Gasteiger partial charge < -0.3 is 40.1 Å². The first kappa shape index (κ1) is 29.7. The molecule has 1 aliphatic rings. The first-order chi connectivity index (χ1) is 16.3. The summed E-state index contributed by atoms with van der Waals surface area (Å²) in [6, 6.07) is 7.49. The van der Waals surface area contributed by atoms with E-state index in [1.165, 1.54) is 0 Å². The van der Waals surface area contributed by atoms with E-state index in [1.54, 1.807) is 0 Å². The summed E-state index contributed by atoms with van der Waals surface area (Å²) >= 11 is 0. The molecule has 0 bridgehead atoms. The van der Waals surface area contributed by atoms with Crippen LogP contribution in [0.25, 0.3) is 0 Å². The molecular formula is C23H34N2O10. The molecule has 0 saturated heterocycles. The molecule has 1 atom stereocenters. The van der Waals surface area contributed by atoms with Gasteiger partial charge in [0.15, 0.2) is 17.1 Å². The quantitative estimate of drug-likeness (QED) is 0.277. The molecule has 0 saturated carbocycles. The highest BCUT2D eigenvalue weighted by Crippen LogP contribution is 2.41. The second-order valence-electron chi connectivity index (χ2n) is 8.18. The molecule has 12 nitrogen and oxygen atoms in total. The summed E-state index contributed by atoms with van der Waals surface area (Å²) in [5.41, 5.74) is -2.74. The Bertz CT molecular complexity index is 859. The molecule has 0 aliphatic carbocycles. The standard InChI is InChI=1S/C17H26N2O3.C6H8O7/c1-5-19(6-2)12-11-18-16(20)13(3)17(4)21-14-9-7-8-10-15(14)22-17;7-3(8)1-6(13,5(11)12)2-4(9)10/h7-10,13H,5-6,11-12H2,1-4H3,(H,18,20);13H,1-2H2,(H,7,8)(H,9,10)(H,11,12). The molecular weight excluding hydrogens is 464 g/mol. The molecule has 1 aliphatic heterocycles. The normalized spacial score (nSPS) is 14.5. The lowest BCUT2D eigenvalue weighted by Crippen LogP contribution is -2.50. The summed E-state index contributed by atoms with van der Waals surface area (Å²) in [6.07, 6.45) is -2.29. The smallest absolute Gasteiger partial charge is 0.336 e. The number of aliphatic hydroxyl groups is 1. The predicted octanol–water partition coefficient (Wildman–Crippen LogP) is 1.02. The van der Waals surface area contributed by atoms with Gasteiger partial charge in [0.2, 0.25) is 5.91 Å². The lowest BCUT2D eigenvalue weighted by molar-refractivity contribution is -0.170. The van der Waals surface area contributed by atoms with Crippen molar-refractivity contribution >= 4 is 23.8 Å². The minimum atomic E-state index is -2.74. The van der Waals surface area contributed by atoms with Crippen LogP contribution in [0.3, 0.4) is 0 Å². The summed E-state index contributed by atoms with van der Waals surface area (Å²) in [4.78, 5) is 45.1. The van der Waals surface area contributed by atoms with Crippen LogP contribution >= 0.6 is 0 Å². The highest BCUT2D eigenvalue weighted by atomic mass is 16.7. The maximum atomic E-state index is 12.4. The van der Waals surface area contributed by atoms with Crippen LogP contribution < -0.4 is 14.8 Å². The molecule has 1 aromatic rings. The molecule has 0 spiro atoms. The molecule has 1 amide bonds. The Morgan fingerprint density at radius 1 is 1.00 bits per heavy atom. The molecule has 196 valence electrons. The summed E-state index contributed by atoms with van der Waals surface area (Å²) < 4.78 is 11.7. The number of hydrogen-bond acceptors (Lipinski definition) is 8. The van der Waals surface area contributed by atoms with Gasteiger partial charge in [-0.2, -0.15) is 0 Å². The largest absolute Gasteiger partial charge is 0.481 e. The number of likely N-dealkylation sites (N-methyl/N-ethyl adjacent to an activating group) is 1. The number of amides is 1. The molecule has 1 unspecified atom stereocenters. The van der Waals surface area contributed by atoms with Crippen molar-refractivity contribution in [3.8, 4) is 11.5 Å². The number of nitrogens with zero attached hydrogens (tertiary/aromatic N) is 1. The van der Waals surface area contributed by atoms with E-state index < -0.39 is 48.1 Å². The SMILES string of the molecule is CCN(CC)CCNC(=O)C(C)C1(C)Oc2ccccc2O1.O=C(O)CC(O)(CC(=O)O)C(=O)O. The summed E-state index contributed by atoms with van der Waals surface area (Å²) in [7, 11) is 0. The van der Waals surface area contributed by atoms with Gasteiger partial charge in [0.25, 0.3) is 5.79 Å². The van der Waals surface area contributed by atoms with E-state index in [1.807, 2.05) is 38.1 Å². The first-order valence-corrected chi connectivity index (χ1v) is 11.1. The van der Waals surface area contributed by atoms with Gasteiger partial charge >= 0.3 is 17.9 Å². The Labute approximate surface area is 203 Å². The van der Waals surface area contributed by atoms with Gasteiger partial charge in [0.05, 0.1) is 12.8 Å². The second kappa shape index (κ2) is 12.9. The van der Waals surface area contributed by atoms with Crippen LogP contribution in [0.15, 0.2) is 24.3 Å². The van der Waals surface area contributed by atoms with Crippen molar-refractivity contribution in [3.05, 3.63) is 24.3 Å². The van der Waals surface area contributed by atoms with Crippen LogP contribution in [0.1, 0.15) is 40.5 Å². The Hall–Kier alpha value is -3.38. The summed E-state index contributed by atoms with van der Waals surface area (Å²) in [5.74, 6) is -5.06. The third-order valence-electron chi connectivity index (χ3n) is 5.56. The highest BCUT2D eigenvalue weighted by molar-refractivity contribution is 5.88. The van der Waals surface area contributed by atoms with Crippen LogP contribution in [0.5, 0.6) is 11.5 Å². The van der Waals surface area contributed by atoms with E-state index in [-0.39, 0.29) is 5.91 Å². The molecule has 2 rings (SSSR count). The number of ether oxygens (including phenoxy) is 2. The minimum absolute atomic E-state index is 0.0533. The predicted molar refractivity (Wildman–Crippen MR) is 123 cm³/mol. The van der Waals surface area contributed by atoms with Gasteiger partial charge in [0.1, 0.15) is 5.92 Å². The number of carboxylic acids is 3. The average Bonchev–Trinajstić information content (AvgIpc) is 3.12.